The predicted octanol–water partition coefficient (Wildman–Crippen LogP) is 2.87. The van der Waals surface area contributed by atoms with Crippen LogP contribution >= 0.6 is 0 Å². The van der Waals surface area contributed by atoms with Crippen molar-refractivity contribution in [2.45, 2.75) is 32.1 Å². The average Bonchev–Trinajstić information content (AvgIpc) is 2.74. The molecule has 7 nitrogen and oxygen atoms in total. The van der Waals surface area contributed by atoms with Crippen molar-refractivity contribution in [3.8, 4) is 6.07 Å². The van der Waals surface area contributed by atoms with Gasteiger partial charge in [-0.3, -0.25) is 9.69 Å². The number of nitriles is 1. The predicted molar refractivity (Wildman–Crippen MR) is 125 cm³/mol. The maximum atomic E-state index is 13.3. The number of aryl methyl sites for hydroxylation is 3. The van der Waals surface area contributed by atoms with E-state index in [0.29, 0.717) is 37.6 Å². The molecule has 2 aromatic rings. The Morgan fingerprint density at radius 3 is 2.19 bits per heavy atom. The fourth-order valence-corrected chi connectivity index (χ4v) is 6.11. The molecule has 0 saturated carbocycles. The SMILES string of the molecule is Cc1cc(C)c(S(=O)(=O)N2CCN(CC(=O)N(CCC#N)c3ccccc3)CC2)c(C)c1. The van der Waals surface area contributed by atoms with E-state index < -0.39 is 10.0 Å². The van der Waals surface area contributed by atoms with Gasteiger partial charge in [-0.1, -0.05) is 35.9 Å². The minimum absolute atomic E-state index is 0.0898. The molecule has 1 aliphatic rings. The van der Waals surface area contributed by atoms with E-state index in [-0.39, 0.29) is 18.9 Å². The third-order valence-electron chi connectivity index (χ3n) is 5.71. The number of carbonyl (C=O) groups excluding carboxylic acids is 1. The minimum atomic E-state index is -3.59. The summed E-state index contributed by atoms with van der Waals surface area (Å²) in [4.78, 5) is 17.0. The van der Waals surface area contributed by atoms with Crippen LogP contribution in [0.25, 0.3) is 0 Å². The number of piperazine rings is 1. The van der Waals surface area contributed by atoms with Crippen molar-refractivity contribution in [3.05, 3.63) is 59.2 Å². The van der Waals surface area contributed by atoms with Crippen LogP contribution in [-0.4, -0.2) is 62.8 Å². The maximum absolute atomic E-state index is 13.3. The van der Waals surface area contributed by atoms with Gasteiger partial charge in [0.1, 0.15) is 0 Å². The molecule has 1 fully saturated rings. The summed E-state index contributed by atoms with van der Waals surface area (Å²) < 4.78 is 28.1. The van der Waals surface area contributed by atoms with Gasteiger partial charge in [0.2, 0.25) is 15.9 Å². The summed E-state index contributed by atoms with van der Waals surface area (Å²) in [5, 5.41) is 8.96. The van der Waals surface area contributed by atoms with E-state index in [2.05, 4.69) is 6.07 Å². The first kappa shape index (κ1) is 23.9. The summed E-state index contributed by atoms with van der Waals surface area (Å²) in [6, 6.07) is 15.2. The molecule has 1 heterocycles. The van der Waals surface area contributed by atoms with Gasteiger partial charge in [-0.25, -0.2) is 8.42 Å². The minimum Gasteiger partial charge on any atom is -0.310 e. The Balaban J connectivity index is 1.66. The summed E-state index contributed by atoms with van der Waals surface area (Å²) in [5.41, 5.74) is 3.33. The maximum Gasteiger partial charge on any atom is 0.243 e. The van der Waals surface area contributed by atoms with Crippen LogP contribution in [0.2, 0.25) is 0 Å². The van der Waals surface area contributed by atoms with Gasteiger partial charge >= 0.3 is 0 Å². The van der Waals surface area contributed by atoms with Gasteiger partial charge in [-0.15, -0.1) is 0 Å². The van der Waals surface area contributed by atoms with Crippen LogP contribution in [0.4, 0.5) is 5.69 Å². The van der Waals surface area contributed by atoms with Crippen LogP contribution in [0.1, 0.15) is 23.1 Å². The first-order valence-electron chi connectivity index (χ1n) is 10.8. The topological polar surface area (TPSA) is 84.7 Å². The number of nitrogens with zero attached hydrogens (tertiary/aromatic N) is 4. The molecule has 0 aromatic heterocycles. The Morgan fingerprint density at radius 1 is 1.03 bits per heavy atom. The molecule has 0 bridgehead atoms. The highest BCUT2D eigenvalue weighted by molar-refractivity contribution is 7.89. The van der Waals surface area contributed by atoms with E-state index in [1.54, 1.807) is 4.90 Å². The molecule has 1 aliphatic heterocycles. The highest BCUT2D eigenvalue weighted by Crippen LogP contribution is 2.26. The lowest BCUT2D eigenvalue weighted by molar-refractivity contribution is -0.120. The van der Waals surface area contributed by atoms with Crippen LogP contribution < -0.4 is 4.90 Å². The summed E-state index contributed by atoms with van der Waals surface area (Å²) >= 11 is 0. The number of hydrogen-bond donors (Lipinski definition) is 0. The molecule has 0 N–H and O–H groups in total. The van der Waals surface area contributed by atoms with Crippen LogP contribution in [-0.2, 0) is 14.8 Å². The molecule has 1 amide bonds. The third-order valence-corrected chi connectivity index (χ3v) is 7.91. The molecule has 1 saturated heterocycles. The number of amides is 1. The van der Waals surface area contributed by atoms with E-state index in [4.69, 9.17) is 5.26 Å². The number of sulfonamides is 1. The van der Waals surface area contributed by atoms with Crippen molar-refractivity contribution in [3.63, 3.8) is 0 Å². The zero-order chi connectivity index (χ0) is 23.3. The molecule has 0 radical (unpaired) electrons. The van der Waals surface area contributed by atoms with Crippen LogP contribution in [0.15, 0.2) is 47.4 Å². The van der Waals surface area contributed by atoms with Crippen LogP contribution in [0, 0.1) is 32.1 Å². The van der Waals surface area contributed by atoms with Gasteiger partial charge in [0, 0.05) is 38.4 Å². The molecular formula is C24H30N4O3S. The molecule has 32 heavy (non-hydrogen) atoms. The molecule has 170 valence electrons. The molecule has 8 heteroatoms. The lowest BCUT2D eigenvalue weighted by atomic mass is 10.1. The summed E-state index contributed by atoms with van der Waals surface area (Å²) in [5.74, 6) is -0.0898. The fraction of sp³-hybridized carbons (Fsp3) is 0.417. The van der Waals surface area contributed by atoms with Crippen molar-refractivity contribution in [1.82, 2.24) is 9.21 Å². The molecular weight excluding hydrogens is 424 g/mol. The monoisotopic (exact) mass is 454 g/mol. The zero-order valence-electron chi connectivity index (χ0n) is 18.9. The van der Waals surface area contributed by atoms with E-state index in [0.717, 1.165) is 22.4 Å². The van der Waals surface area contributed by atoms with Gasteiger partial charge in [0.25, 0.3) is 0 Å². The highest BCUT2D eigenvalue weighted by Gasteiger charge is 2.32. The standard InChI is InChI=1S/C24H30N4O3S/c1-19-16-20(2)24(21(3)17-19)32(30,31)27-14-12-26(13-15-27)18-23(29)28(11-7-10-25)22-8-5-4-6-9-22/h4-6,8-9,16-17H,7,11-15,18H2,1-3H3. The first-order chi connectivity index (χ1) is 15.2. The Morgan fingerprint density at radius 2 is 1.62 bits per heavy atom. The van der Waals surface area contributed by atoms with Gasteiger partial charge in [0.05, 0.1) is 23.9 Å². The van der Waals surface area contributed by atoms with Crippen molar-refractivity contribution in [1.29, 1.82) is 5.26 Å². The van der Waals surface area contributed by atoms with E-state index in [9.17, 15) is 13.2 Å². The second kappa shape index (κ2) is 10.3. The third kappa shape index (κ3) is 5.36. The second-order valence-electron chi connectivity index (χ2n) is 8.20. The quantitative estimate of drug-likeness (QED) is 0.642. The molecule has 0 aliphatic carbocycles. The number of anilines is 1. The van der Waals surface area contributed by atoms with Crippen LogP contribution in [0.5, 0.6) is 0 Å². The molecule has 3 rings (SSSR count). The van der Waals surface area contributed by atoms with Gasteiger partial charge in [-0.05, 0) is 44.0 Å². The Hall–Kier alpha value is -2.73. The average molecular weight is 455 g/mol. The Labute approximate surface area is 190 Å². The number of rotatable bonds is 7. The van der Waals surface area contributed by atoms with Crippen molar-refractivity contribution in [2.24, 2.45) is 0 Å². The number of hydrogen-bond acceptors (Lipinski definition) is 5. The largest absolute Gasteiger partial charge is 0.310 e. The summed E-state index contributed by atoms with van der Waals surface area (Å²) in [7, 11) is -3.59. The summed E-state index contributed by atoms with van der Waals surface area (Å²) in [6.45, 7) is 7.80. The molecule has 0 unspecified atom stereocenters. The lowest BCUT2D eigenvalue weighted by Gasteiger charge is -2.35. The highest BCUT2D eigenvalue weighted by atomic mass is 32.2. The Kier molecular flexibility index (Phi) is 7.67. The van der Waals surface area contributed by atoms with Crippen molar-refractivity contribution < 1.29 is 13.2 Å². The number of benzene rings is 2. The second-order valence-corrected chi connectivity index (χ2v) is 10.1. The van der Waals surface area contributed by atoms with E-state index >= 15 is 0 Å². The van der Waals surface area contributed by atoms with Crippen molar-refractivity contribution in [2.75, 3.05) is 44.2 Å². The lowest BCUT2D eigenvalue weighted by Crippen LogP contribution is -2.51. The smallest absolute Gasteiger partial charge is 0.243 e. The Bertz CT molecular complexity index is 1080. The van der Waals surface area contributed by atoms with E-state index in [1.165, 1.54) is 4.31 Å². The number of para-hydroxylation sites is 1. The normalized spacial score (nSPS) is 15.3. The fourth-order valence-electron chi connectivity index (χ4n) is 4.27. The van der Waals surface area contributed by atoms with Gasteiger partial charge in [0.15, 0.2) is 0 Å². The summed E-state index contributed by atoms with van der Waals surface area (Å²) in [6.07, 6.45) is 0.252. The van der Waals surface area contributed by atoms with Crippen molar-refractivity contribution >= 4 is 21.6 Å². The van der Waals surface area contributed by atoms with Gasteiger partial charge in [-0.2, -0.15) is 9.57 Å². The molecule has 0 spiro atoms. The zero-order valence-corrected chi connectivity index (χ0v) is 19.7. The molecule has 2 aromatic carbocycles. The first-order valence-corrected chi connectivity index (χ1v) is 12.2. The molecule has 0 atom stereocenters. The van der Waals surface area contributed by atoms with E-state index in [1.807, 2.05) is 68.1 Å². The van der Waals surface area contributed by atoms with Crippen LogP contribution in [0.3, 0.4) is 0 Å². The number of carbonyl (C=O) groups is 1. The van der Waals surface area contributed by atoms with Gasteiger partial charge < -0.3 is 4.90 Å².